The van der Waals surface area contributed by atoms with Crippen molar-refractivity contribution in [2.75, 3.05) is 38.2 Å². The first-order chi connectivity index (χ1) is 16.0. The molecule has 2 aliphatic rings. The zero-order valence-corrected chi connectivity index (χ0v) is 20.3. The van der Waals surface area contributed by atoms with Crippen LogP contribution in [-0.2, 0) is 16.1 Å². The van der Waals surface area contributed by atoms with Crippen LogP contribution in [0.1, 0.15) is 29.9 Å². The summed E-state index contributed by atoms with van der Waals surface area (Å²) in [5, 5.41) is 4.06. The van der Waals surface area contributed by atoms with Gasteiger partial charge in [0.15, 0.2) is 0 Å². The van der Waals surface area contributed by atoms with E-state index in [-0.39, 0.29) is 11.9 Å². The van der Waals surface area contributed by atoms with E-state index in [1.807, 2.05) is 18.2 Å². The molecule has 2 aliphatic heterocycles. The lowest BCUT2D eigenvalue weighted by atomic mass is 9.86. The van der Waals surface area contributed by atoms with Gasteiger partial charge in [-0.15, -0.1) is 0 Å². The van der Waals surface area contributed by atoms with Crippen LogP contribution in [0.3, 0.4) is 0 Å². The molecule has 172 valence electrons. The van der Waals surface area contributed by atoms with Gasteiger partial charge in [-0.3, -0.25) is 9.69 Å². The van der Waals surface area contributed by atoms with Crippen LogP contribution in [-0.4, -0.2) is 44.2 Å². The summed E-state index contributed by atoms with van der Waals surface area (Å²) in [6, 6.07) is 19.0. The number of para-hydroxylation sites is 1. The molecular formula is C27H28Cl2N2O2. The van der Waals surface area contributed by atoms with Crippen LogP contribution in [0.25, 0.3) is 10.8 Å². The lowest BCUT2D eigenvalue weighted by Crippen LogP contribution is -2.45. The third-order valence-corrected chi connectivity index (χ3v) is 7.75. The van der Waals surface area contributed by atoms with E-state index in [4.69, 9.17) is 27.9 Å². The lowest BCUT2D eigenvalue weighted by Gasteiger charge is -2.42. The Hall–Kier alpha value is -2.27. The first-order valence-corrected chi connectivity index (χ1v) is 12.3. The second kappa shape index (κ2) is 9.54. The monoisotopic (exact) mass is 482 g/mol. The molecule has 5 rings (SSSR count). The summed E-state index contributed by atoms with van der Waals surface area (Å²) in [5.74, 6) is 0.419. The average molecular weight is 483 g/mol. The van der Waals surface area contributed by atoms with Crippen molar-refractivity contribution >= 4 is 45.6 Å². The summed E-state index contributed by atoms with van der Waals surface area (Å²) in [6.45, 7) is 4.57. The molecule has 33 heavy (non-hydrogen) atoms. The largest absolute Gasteiger partial charge is 0.469 e. The molecule has 0 radical (unpaired) electrons. The Morgan fingerprint density at radius 1 is 0.939 bits per heavy atom. The maximum Gasteiger partial charge on any atom is 0.308 e. The number of methoxy groups -OCH3 is 1. The Bertz CT molecular complexity index is 1150. The number of esters is 1. The molecule has 2 fully saturated rings. The fourth-order valence-electron chi connectivity index (χ4n) is 5.26. The molecule has 0 amide bonds. The van der Waals surface area contributed by atoms with E-state index in [1.54, 1.807) is 0 Å². The number of ether oxygens (including phenoxy) is 1. The Balaban J connectivity index is 1.32. The van der Waals surface area contributed by atoms with E-state index in [2.05, 4.69) is 46.2 Å². The maximum absolute atomic E-state index is 11.8. The van der Waals surface area contributed by atoms with Gasteiger partial charge in [-0.1, -0.05) is 65.7 Å². The van der Waals surface area contributed by atoms with E-state index < -0.39 is 0 Å². The molecule has 0 N–H and O–H groups in total. The molecule has 0 saturated carbocycles. The van der Waals surface area contributed by atoms with Crippen molar-refractivity contribution in [2.24, 2.45) is 5.92 Å². The zero-order valence-electron chi connectivity index (χ0n) is 18.8. The molecular weight excluding hydrogens is 455 g/mol. The molecule has 6 heteroatoms. The number of benzene rings is 3. The summed E-state index contributed by atoms with van der Waals surface area (Å²) in [4.78, 5) is 16.6. The summed E-state index contributed by atoms with van der Waals surface area (Å²) in [6.07, 6.45) is 1.73. The van der Waals surface area contributed by atoms with E-state index in [1.165, 1.54) is 29.0 Å². The highest BCUT2D eigenvalue weighted by Crippen LogP contribution is 2.42. The minimum absolute atomic E-state index is 0.0403. The molecule has 2 saturated heterocycles. The number of hydrogen-bond donors (Lipinski definition) is 0. The van der Waals surface area contributed by atoms with Gasteiger partial charge in [-0.25, -0.2) is 0 Å². The van der Waals surface area contributed by atoms with Crippen LogP contribution in [0.2, 0.25) is 10.0 Å². The van der Waals surface area contributed by atoms with Gasteiger partial charge >= 0.3 is 5.97 Å². The van der Waals surface area contributed by atoms with Crippen molar-refractivity contribution in [3.8, 4) is 0 Å². The van der Waals surface area contributed by atoms with Crippen LogP contribution in [0.15, 0.2) is 54.6 Å². The first-order valence-electron chi connectivity index (χ1n) is 11.5. The molecule has 2 heterocycles. The Kier molecular flexibility index (Phi) is 6.51. The van der Waals surface area contributed by atoms with Crippen molar-refractivity contribution in [3.63, 3.8) is 0 Å². The first kappa shape index (κ1) is 22.5. The number of carbonyl (C=O) groups excluding carboxylic acids is 1. The molecule has 0 bridgehead atoms. The average Bonchev–Trinajstić information content (AvgIpc) is 2.81. The summed E-state index contributed by atoms with van der Waals surface area (Å²) >= 11 is 12.8. The van der Waals surface area contributed by atoms with Crippen molar-refractivity contribution in [2.45, 2.75) is 25.3 Å². The molecule has 3 aromatic rings. The minimum atomic E-state index is -0.0722. The number of halogens is 2. The second-order valence-corrected chi connectivity index (χ2v) is 9.92. The van der Waals surface area contributed by atoms with Crippen molar-refractivity contribution in [1.29, 1.82) is 0 Å². The highest BCUT2D eigenvalue weighted by molar-refractivity contribution is 6.39. The summed E-state index contributed by atoms with van der Waals surface area (Å²) in [5.41, 5.74) is 3.67. The number of nitrogens with zero attached hydrogens (tertiary/aromatic N) is 2. The highest BCUT2D eigenvalue weighted by Gasteiger charge is 2.32. The second-order valence-electron chi connectivity index (χ2n) is 9.11. The Morgan fingerprint density at radius 3 is 2.27 bits per heavy atom. The van der Waals surface area contributed by atoms with Crippen LogP contribution < -0.4 is 4.90 Å². The van der Waals surface area contributed by atoms with Gasteiger partial charge in [0.1, 0.15) is 0 Å². The van der Waals surface area contributed by atoms with Crippen molar-refractivity contribution in [3.05, 3.63) is 75.8 Å². The molecule has 0 atom stereocenters. The third-order valence-electron chi connectivity index (χ3n) is 7.14. The summed E-state index contributed by atoms with van der Waals surface area (Å²) in [7, 11) is 1.48. The van der Waals surface area contributed by atoms with E-state index >= 15 is 0 Å². The number of likely N-dealkylation sites (tertiary alicyclic amines) is 1. The molecule has 0 aliphatic carbocycles. The van der Waals surface area contributed by atoms with Gasteiger partial charge < -0.3 is 9.64 Å². The van der Waals surface area contributed by atoms with Gasteiger partial charge in [0.25, 0.3) is 0 Å². The van der Waals surface area contributed by atoms with Crippen LogP contribution in [0.4, 0.5) is 5.69 Å². The van der Waals surface area contributed by atoms with Gasteiger partial charge in [-0.05, 0) is 60.0 Å². The van der Waals surface area contributed by atoms with Gasteiger partial charge in [0.05, 0.1) is 28.8 Å². The number of piperidine rings is 1. The predicted octanol–water partition coefficient (Wildman–Crippen LogP) is 6.14. The fraction of sp³-hybridized carbons (Fsp3) is 0.370. The molecule has 0 spiro atoms. The van der Waals surface area contributed by atoms with Gasteiger partial charge in [0, 0.05) is 25.6 Å². The summed E-state index contributed by atoms with van der Waals surface area (Å²) < 4.78 is 4.93. The topological polar surface area (TPSA) is 32.8 Å². The van der Waals surface area contributed by atoms with E-state index in [9.17, 15) is 4.79 Å². The smallest absolute Gasteiger partial charge is 0.308 e. The zero-order chi connectivity index (χ0) is 22.9. The van der Waals surface area contributed by atoms with E-state index in [0.29, 0.717) is 16.0 Å². The predicted molar refractivity (Wildman–Crippen MR) is 135 cm³/mol. The fourth-order valence-corrected chi connectivity index (χ4v) is 5.90. The maximum atomic E-state index is 11.8. The number of hydrogen-bond acceptors (Lipinski definition) is 4. The van der Waals surface area contributed by atoms with Gasteiger partial charge in [0.2, 0.25) is 0 Å². The molecule has 3 aromatic carbocycles. The van der Waals surface area contributed by atoms with Crippen LogP contribution in [0, 0.1) is 5.92 Å². The highest BCUT2D eigenvalue weighted by atomic mass is 35.5. The van der Waals surface area contributed by atoms with Crippen molar-refractivity contribution < 1.29 is 9.53 Å². The number of rotatable bonds is 5. The SMILES string of the molecule is COC(=O)C1CCN(Cc2ccc(C3CN(c4c(Cl)cccc4Cl)C3)c3ccccc23)CC1. The standard InChI is InChI=1S/C27H28Cl2N2O2/c1-33-27(32)18-11-13-30(14-12-18)15-19-9-10-22(23-6-3-2-5-21(19)23)20-16-31(17-20)26-24(28)7-4-8-25(26)29/h2-10,18,20H,11-17H2,1H3. The third kappa shape index (κ3) is 4.44. The number of anilines is 1. The lowest BCUT2D eigenvalue weighted by molar-refractivity contribution is -0.147. The van der Waals surface area contributed by atoms with Crippen molar-refractivity contribution in [1.82, 2.24) is 4.90 Å². The normalized spacial score (nSPS) is 17.8. The van der Waals surface area contributed by atoms with E-state index in [0.717, 1.165) is 51.3 Å². The molecule has 0 unspecified atom stereocenters. The van der Waals surface area contributed by atoms with Crippen LogP contribution >= 0.6 is 23.2 Å². The molecule has 0 aromatic heterocycles. The quantitative estimate of drug-likeness (QED) is 0.409. The Labute approximate surface area is 205 Å². The van der Waals surface area contributed by atoms with Gasteiger partial charge in [-0.2, -0.15) is 0 Å². The number of fused-ring (bicyclic) bond motifs is 1. The Morgan fingerprint density at radius 2 is 1.61 bits per heavy atom. The van der Waals surface area contributed by atoms with Crippen LogP contribution in [0.5, 0.6) is 0 Å². The number of carbonyl (C=O) groups is 1. The molecule has 4 nitrogen and oxygen atoms in total. The minimum Gasteiger partial charge on any atom is -0.469 e.